The topological polar surface area (TPSA) is 78.0 Å². The van der Waals surface area contributed by atoms with Crippen molar-refractivity contribution >= 4 is 28.4 Å². The average molecular weight is 367 g/mol. The normalized spacial score (nSPS) is 12.0. The molecule has 0 fully saturated rings. The Kier molecular flexibility index (Phi) is 5.18. The summed E-state index contributed by atoms with van der Waals surface area (Å²) in [6.45, 7) is 6.00. The zero-order valence-electron chi connectivity index (χ0n) is 14.2. The van der Waals surface area contributed by atoms with Crippen LogP contribution in [0.5, 0.6) is 0 Å². The Morgan fingerprint density at radius 2 is 2.08 bits per heavy atom. The molecule has 0 N–H and O–H groups in total. The van der Waals surface area contributed by atoms with Gasteiger partial charge in [0.05, 0.1) is 15.8 Å². The second-order valence-electron chi connectivity index (χ2n) is 5.73. The van der Waals surface area contributed by atoms with Gasteiger partial charge in [0, 0.05) is 23.9 Å². The molecule has 1 unspecified atom stereocenters. The predicted molar refractivity (Wildman–Crippen MR) is 104 cm³/mol. The van der Waals surface area contributed by atoms with E-state index in [9.17, 15) is 14.9 Å². The molecule has 0 bridgehead atoms. The Hall–Kier alpha value is -2.93. The maximum atomic E-state index is 12.8. The van der Waals surface area contributed by atoms with Gasteiger partial charge in [-0.1, -0.05) is 42.1 Å². The van der Waals surface area contributed by atoms with Crippen LogP contribution in [-0.2, 0) is 6.54 Å². The number of nitro groups is 1. The number of thioether (sulfide) groups is 1. The van der Waals surface area contributed by atoms with Gasteiger partial charge in [-0.3, -0.25) is 19.5 Å². The summed E-state index contributed by atoms with van der Waals surface area (Å²) in [6, 6.07) is 13.7. The summed E-state index contributed by atoms with van der Waals surface area (Å²) in [6.07, 6.45) is 1.65. The number of hydrogen-bond acceptors (Lipinski definition) is 5. The lowest BCUT2D eigenvalue weighted by molar-refractivity contribution is -0.384. The van der Waals surface area contributed by atoms with E-state index in [0.29, 0.717) is 22.6 Å². The van der Waals surface area contributed by atoms with Crippen LogP contribution in [0.25, 0.3) is 10.9 Å². The molecule has 6 nitrogen and oxygen atoms in total. The third kappa shape index (κ3) is 3.52. The van der Waals surface area contributed by atoms with Crippen LogP contribution < -0.4 is 5.56 Å². The lowest BCUT2D eigenvalue weighted by atomic mass is 10.1. The molecule has 0 amide bonds. The van der Waals surface area contributed by atoms with E-state index in [-0.39, 0.29) is 16.5 Å². The molecule has 1 atom stereocenters. The maximum absolute atomic E-state index is 12.8. The van der Waals surface area contributed by atoms with Gasteiger partial charge in [-0.15, -0.1) is 6.58 Å². The van der Waals surface area contributed by atoms with Crippen molar-refractivity contribution in [3.05, 3.63) is 87.2 Å². The van der Waals surface area contributed by atoms with E-state index in [1.54, 1.807) is 34.9 Å². The zero-order chi connectivity index (χ0) is 18.7. The molecule has 0 radical (unpaired) electrons. The molecule has 0 aliphatic carbocycles. The number of benzene rings is 2. The van der Waals surface area contributed by atoms with E-state index < -0.39 is 4.92 Å². The highest BCUT2D eigenvalue weighted by molar-refractivity contribution is 7.99. The number of rotatable bonds is 6. The monoisotopic (exact) mass is 367 g/mol. The summed E-state index contributed by atoms with van der Waals surface area (Å²) >= 11 is 1.39. The van der Waals surface area contributed by atoms with Gasteiger partial charge in [0.1, 0.15) is 0 Å². The van der Waals surface area contributed by atoms with Crippen molar-refractivity contribution in [2.75, 3.05) is 0 Å². The predicted octanol–water partition coefficient (Wildman–Crippen LogP) is 4.34. The highest BCUT2D eigenvalue weighted by atomic mass is 32.2. The minimum Gasteiger partial charge on any atom is -0.283 e. The Morgan fingerprint density at radius 1 is 1.31 bits per heavy atom. The van der Waals surface area contributed by atoms with E-state index in [1.807, 2.05) is 25.1 Å². The van der Waals surface area contributed by atoms with Gasteiger partial charge >= 0.3 is 0 Å². The standard InChI is InChI=1S/C19H17N3O3S/c1-3-11-21-18(23)16-9-4-5-10-17(16)20-19(21)26-13(2)14-7-6-8-15(12-14)22(24)25/h3-10,12-13H,1,11H2,2H3. The van der Waals surface area contributed by atoms with Gasteiger partial charge < -0.3 is 0 Å². The molecule has 1 heterocycles. The van der Waals surface area contributed by atoms with E-state index >= 15 is 0 Å². The zero-order valence-corrected chi connectivity index (χ0v) is 15.0. The Labute approximate surface area is 154 Å². The summed E-state index contributed by atoms with van der Waals surface area (Å²) in [5.41, 5.74) is 1.36. The molecule has 0 saturated carbocycles. The first kappa shape index (κ1) is 17.9. The highest BCUT2D eigenvalue weighted by Gasteiger charge is 2.17. The van der Waals surface area contributed by atoms with Crippen LogP contribution >= 0.6 is 11.8 Å². The second-order valence-corrected chi connectivity index (χ2v) is 7.04. The lowest BCUT2D eigenvalue weighted by Gasteiger charge is -2.15. The molecule has 26 heavy (non-hydrogen) atoms. The van der Waals surface area contributed by atoms with Crippen molar-refractivity contribution < 1.29 is 4.92 Å². The quantitative estimate of drug-likeness (QED) is 0.213. The number of non-ortho nitro benzene ring substituents is 1. The summed E-state index contributed by atoms with van der Waals surface area (Å²) in [5.74, 6) is 0. The molecule has 1 aromatic heterocycles. The molecule has 0 aliphatic heterocycles. The number of para-hydroxylation sites is 1. The molecular formula is C19H17N3O3S. The number of nitro benzene ring substituents is 1. The molecule has 3 rings (SSSR count). The SMILES string of the molecule is C=CCn1c(SC(C)c2cccc([N+](=O)[O-])c2)nc2ccccc2c1=O. The van der Waals surface area contributed by atoms with Crippen molar-refractivity contribution in [3.63, 3.8) is 0 Å². The van der Waals surface area contributed by atoms with Gasteiger partial charge in [-0.25, -0.2) is 4.98 Å². The molecule has 2 aromatic carbocycles. The minimum atomic E-state index is -0.414. The first-order valence-corrected chi connectivity index (χ1v) is 8.90. The maximum Gasteiger partial charge on any atom is 0.269 e. The molecule has 0 saturated heterocycles. The van der Waals surface area contributed by atoms with Crippen LogP contribution in [0.15, 0.2) is 71.1 Å². The number of fused-ring (bicyclic) bond motifs is 1. The number of allylic oxidation sites excluding steroid dienone is 1. The molecule has 0 aliphatic rings. The lowest BCUT2D eigenvalue weighted by Crippen LogP contribution is -2.23. The second kappa shape index (κ2) is 7.53. The van der Waals surface area contributed by atoms with Gasteiger partial charge in [0.2, 0.25) is 0 Å². The van der Waals surface area contributed by atoms with Gasteiger partial charge in [-0.05, 0) is 24.6 Å². The number of hydrogen-bond donors (Lipinski definition) is 0. The average Bonchev–Trinajstić information content (AvgIpc) is 2.65. The van der Waals surface area contributed by atoms with Crippen LogP contribution in [0.3, 0.4) is 0 Å². The Balaban J connectivity index is 2.03. The third-order valence-corrected chi connectivity index (χ3v) is 5.12. The largest absolute Gasteiger partial charge is 0.283 e. The van der Waals surface area contributed by atoms with Crippen molar-refractivity contribution in [1.29, 1.82) is 0 Å². The van der Waals surface area contributed by atoms with Crippen molar-refractivity contribution in [3.8, 4) is 0 Å². The van der Waals surface area contributed by atoms with Crippen LogP contribution in [0.1, 0.15) is 17.7 Å². The van der Waals surface area contributed by atoms with E-state index in [4.69, 9.17) is 0 Å². The summed E-state index contributed by atoms with van der Waals surface area (Å²) < 4.78 is 1.58. The first-order chi connectivity index (χ1) is 12.5. The van der Waals surface area contributed by atoms with Crippen molar-refractivity contribution in [1.82, 2.24) is 9.55 Å². The Bertz CT molecular complexity index is 1050. The molecule has 7 heteroatoms. The van der Waals surface area contributed by atoms with Gasteiger partial charge in [-0.2, -0.15) is 0 Å². The summed E-state index contributed by atoms with van der Waals surface area (Å²) in [4.78, 5) is 28.0. The van der Waals surface area contributed by atoms with Crippen molar-refractivity contribution in [2.45, 2.75) is 23.9 Å². The number of aromatic nitrogens is 2. The first-order valence-electron chi connectivity index (χ1n) is 8.02. The fourth-order valence-corrected chi connectivity index (χ4v) is 3.68. The molecule has 132 valence electrons. The number of nitrogens with zero attached hydrogens (tertiary/aromatic N) is 3. The molecule has 3 aromatic rings. The van der Waals surface area contributed by atoms with E-state index in [2.05, 4.69) is 11.6 Å². The smallest absolute Gasteiger partial charge is 0.269 e. The minimum absolute atomic E-state index is 0.0462. The van der Waals surface area contributed by atoms with E-state index in [1.165, 1.54) is 17.8 Å². The van der Waals surface area contributed by atoms with E-state index in [0.717, 1.165) is 5.56 Å². The van der Waals surface area contributed by atoms with Crippen LogP contribution in [0.2, 0.25) is 0 Å². The fraction of sp³-hybridized carbons (Fsp3) is 0.158. The summed E-state index contributed by atoms with van der Waals surface area (Å²) in [5, 5.41) is 12.0. The van der Waals surface area contributed by atoms with Crippen molar-refractivity contribution in [2.24, 2.45) is 0 Å². The van der Waals surface area contributed by atoms with Crippen LogP contribution in [0, 0.1) is 10.1 Å². The highest BCUT2D eigenvalue weighted by Crippen LogP contribution is 2.35. The fourth-order valence-electron chi connectivity index (χ4n) is 2.65. The molecular weight excluding hydrogens is 350 g/mol. The molecule has 0 spiro atoms. The van der Waals surface area contributed by atoms with Crippen LogP contribution in [0.4, 0.5) is 5.69 Å². The van der Waals surface area contributed by atoms with Gasteiger partial charge in [0.15, 0.2) is 5.16 Å². The van der Waals surface area contributed by atoms with Crippen LogP contribution in [-0.4, -0.2) is 14.5 Å². The summed E-state index contributed by atoms with van der Waals surface area (Å²) in [7, 11) is 0. The Morgan fingerprint density at radius 3 is 2.81 bits per heavy atom. The third-order valence-electron chi connectivity index (χ3n) is 3.97. The van der Waals surface area contributed by atoms with Gasteiger partial charge in [0.25, 0.3) is 11.2 Å².